The smallest absolute Gasteiger partial charge is 0.338 e. The van der Waals surface area contributed by atoms with Gasteiger partial charge < -0.3 is 14.2 Å². The Kier molecular flexibility index (Phi) is 3.65. The molecule has 6 heteroatoms. The van der Waals surface area contributed by atoms with Gasteiger partial charge in [-0.25, -0.2) is 9.59 Å². The number of hydrogen-bond donors (Lipinski definition) is 0. The summed E-state index contributed by atoms with van der Waals surface area (Å²) in [5.41, 5.74) is 1.35. The molecule has 0 spiro atoms. The Morgan fingerprint density at radius 2 is 1.59 bits per heavy atom. The second-order valence-electron chi connectivity index (χ2n) is 5.79. The van der Waals surface area contributed by atoms with Crippen LogP contribution in [0.5, 0.6) is 0 Å². The average Bonchev–Trinajstić information content (AvgIpc) is 2.86. The summed E-state index contributed by atoms with van der Waals surface area (Å²) in [7, 11) is 0. The van der Waals surface area contributed by atoms with Gasteiger partial charge in [-0.1, -0.05) is 35.4 Å². The third kappa shape index (κ3) is 4.73. The molecule has 0 aliphatic carbocycles. The van der Waals surface area contributed by atoms with Gasteiger partial charge in [0.05, 0.1) is 23.0 Å². The van der Waals surface area contributed by atoms with Crippen molar-refractivity contribution in [1.29, 1.82) is 0 Å². The first-order valence-electron chi connectivity index (χ1n) is 11.0. The number of benzene rings is 2. The molecule has 0 radical (unpaired) electrons. The molecule has 2 atom stereocenters. The van der Waals surface area contributed by atoms with Crippen LogP contribution in [0.15, 0.2) is 48.5 Å². The van der Waals surface area contributed by atoms with Crippen molar-refractivity contribution in [2.24, 2.45) is 0 Å². The highest BCUT2D eigenvalue weighted by Crippen LogP contribution is 2.21. The third-order valence-corrected chi connectivity index (χ3v) is 3.62. The van der Waals surface area contributed by atoms with Gasteiger partial charge in [0, 0.05) is 2.74 Å². The summed E-state index contributed by atoms with van der Waals surface area (Å²) in [4.78, 5) is 37.3. The lowest BCUT2D eigenvalue weighted by Gasteiger charge is -2.18. The van der Waals surface area contributed by atoms with Crippen molar-refractivity contribution in [3.8, 4) is 0 Å². The SMILES string of the molecule is [2H]C1([2H])C(=O)O[C@]([2H])(C([2H])([2H])OC(=O)c2ccc(C)cc2)[C@@]1([2H])OC(=O)c1ccc(C)cc1. The minimum Gasteiger partial charge on any atom is -0.458 e. The van der Waals surface area contributed by atoms with Crippen LogP contribution in [0.3, 0.4) is 0 Å². The minimum absolute atomic E-state index is 0.104. The molecular formula is C21H20O6. The molecule has 140 valence electrons. The second kappa shape index (κ2) is 8.03. The van der Waals surface area contributed by atoms with Gasteiger partial charge in [-0.15, -0.1) is 0 Å². The first-order valence-corrected chi connectivity index (χ1v) is 7.98. The van der Waals surface area contributed by atoms with Crippen LogP contribution in [0.25, 0.3) is 0 Å². The monoisotopic (exact) mass is 374 g/mol. The number of carbonyl (C=O) groups excluding carboxylic acids is 3. The second-order valence-corrected chi connectivity index (χ2v) is 5.79. The van der Waals surface area contributed by atoms with E-state index < -0.39 is 43.0 Å². The van der Waals surface area contributed by atoms with E-state index in [1.54, 1.807) is 26.0 Å². The molecule has 0 saturated carbocycles. The zero-order valence-electron chi connectivity index (χ0n) is 20.6. The van der Waals surface area contributed by atoms with E-state index in [-0.39, 0.29) is 11.1 Å². The predicted octanol–water partition coefficient (Wildman–Crippen LogP) is 3.00. The number of hydrogen-bond acceptors (Lipinski definition) is 6. The van der Waals surface area contributed by atoms with Crippen LogP contribution in [0.2, 0.25) is 0 Å². The average molecular weight is 374 g/mol. The summed E-state index contributed by atoms with van der Waals surface area (Å²) in [5.74, 6) is -4.38. The van der Waals surface area contributed by atoms with E-state index in [2.05, 4.69) is 4.74 Å². The van der Waals surface area contributed by atoms with Crippen LogP contribution in [0, 0.1) is 13.8 Å². The maximum atomic E-state index is 12.6. The standard InChI is InChI=1S/C21H20O6/c1-13-3-7-15(8-4-13)20(23)25-12-18-17(11-19(22)26-18)27-21(24)16-9-5-14(2)6-10-16/h3-10,17-18H,11-12H2,1-2H3/t17-,18+/m0/s1/i11D2,12D2,17D,18D. The van der Waals surface area contributed by atoms with Crippen molar-refractivity contribution < 1.29 is 36.8 Å². The molecule has 27 heavy (non-hydrogen) atoms. The normalized spacial score (nSPS) is 29.8. The lowest BCUT2D eigenvalue weighted by Crippen LogP contribution is -2.32. The summed E-state index contributed by atoms with van der Waals surface area (Å²) in [5, 5.41) is 0. The van der Waals surface area contributed by atoms with Crippen LogP contribution in [-0.2, 0) is 19.0 Å². The minimum atomic E-state index is -3.60. The number of aryl methyl sites for hydroxylation is 2. The molecule has 1 aliphatic heterocycles. The molecule has 0 bridgehead atoms. The van der Waals surface area contributed by atoms with Crippen molar-refractivity contribution >= 4 is 17.9 Å². The van der Waals surface area contributed by atoms with Crippen LogP contribution >= 0.6 is 0 Å². The van der Waals surface area contributed by atoms with Gasteiger partial charge >= 0.3 is 17.9 Å². The molecule has 2 aromatic carbocycles. The molecule has 1 fully saturated rings. The van der Waals surface area contributed by atoms with Crippen LogP contribution in [0.1, 0.15) is 46.4 Å². The van der Waals surface area contributed by atoms with Gasteiger partial charge in [0.15, 0.2) is 12.2 Å². The summed E-state index contributed by atoms with van der Waals surface area (Å²) in [6.07, 6.45) is -10.6. The van der Waals surface area contributed by atoms with Gasteiger partial charge in [0.2, 0.25) is 0 Å². The molecular weight excluding hydrogens is 348 g/mol. The van der Waals surface area contributed by atoms with E-state index in [0.717, 1.165) is 11.1 Å². The maximum absolute atomic E-state index is 12.6. The van der Waals surface area contributed by atoms with Gasteiger partial charge in [-0.2, -0.15) is 0 Å². The predicted molar refractivity (Wildman–Crippen MR) is 96.3 cm³/mol. The topological polar surface area (TPSA) is 78.9 Å². The fraction of sp³-hybridized carbons (Fsp3) is 0.286. The maximum Gasteiger partial charge on any atom is 0.338 e. The van der Waals surface area contributed by atoms with Crippen molar-refractivity contribution in [2.75, 3.05) is 6.56 Å². The third-order valence-electron chi connectivity index (χ3n) is 3.62. The highest BCUT2D eigenvalue weighted by molar-refractivity contribution is 5.90. The molecule has 6 nitrogen and oxygen atoms in total. The Labute approximate surface area is 165 Å². The van der Waals surface area contributed by atoms with Crippen molar-refractivity contribution in [1.82, 2.24) is 0 Å². The van der Waals surface area contributed by atoms with E-state index in [1.165, 1.54) is 36.4 Å². The summed E-state index contributed by atoms with van der Waals surface area (Å²) in [6, 6.07) is 11.5. The lowest BCUT2D eigenvalue weighted by atomic mass is 10.1. The van der Waals surface area contributed by atoms with E-state index in [4.69, 9.17) is 17.7 Å². The fourth-order valence-corrected chi connectivity index (χ4v) is 2.14. The van der Waals surface area contributed by atoms with Crippen molar-refractivity contribution in [3.05, 3.63) is 70.8 Å². The van der Waals surface area contributed by atoms with Crippen LogP contribution < -0.4 is 0 Å². The van der Waals surface area contributed by atoms with Crippen molar-refractivity contribution in [2.45, 2.75) is 32.4 Å². The Morgan fingerprint density at radius 1 is 1.07 bits per heavy atom. The molecule has 0 aromatic heterocycles. The van der Waals surface area contributed by atoms with E-state index >= 15 is 0 Å². The molecule has 0 amide bonds. The van der Waals surface area contributed by atoms with E-state index in [0.29, 0.717) is 0 Å². The molecule has 0 unspecified atom stereocenters. The summed E-state index contributed by atoms with van der Waals surface area (Å²) >= 11 is 0. The molecule has 0 N–H and O–H groups in total. The molecule has 1 heterocycles. The number of cyclic esters (lactones) is 1. The molecule has 3 rings (SSSR count). The molecule has 2 aromatic rings. The first-order chi connectivity index (χ1) is 15.1. The van der Waals surface area contributed by atoms with Crippen molar-refractivity contribution in [3.63, 3.8) is 0 Å². The van der Waals surface area contributed by atoms with Gasteiger partial charge in [-0.05, 0) is 38.1 Å². The van der Waals surface area contributed by atoms with Gasteiger partial charge in [0.25, 0.3) is 0 Å². The zero-order chi connectivity index (χ0) is 24.8. The van der Waals surface area contributed by atoms with E-state index in [1.807, 2.05) is 0 Å². The molecule has 1 aliphatic rings. The molecule has 1 saturated heterocycles. The zero-order valence-corrected chi connectivity index (χ0v) is 14.6. The quantitative estimate of drug-likeness (QED) is 0.591. The Balaban J connectivity index is 1.98. The number of esters is 3. The van der Waals surface area contributed by atoms with Gasteiger partial charge in [0.1, 0.15) is 6.56 Å². The Morgan fingerprint density at radius 3 is 2.15 bits per heavy atom. The van der Waals surface area contributed by atoms with E-state index in [9.17, 15) is 14.4 Å². The Bertz CT molecular complexity index is 1100. The Hall–Kier alpha value is -3.15. The number of carbonyl (C=O) groups is 3. The van der Waals surface area contributed by atoms with Gasteiger partial charge in [-0.3, -0.25) is 4.79 Å². The van der Waals surface area contributed by atoms with Crippen LogP contribution in [-0.4, -0.2) is 36.6 Å². The highest BCUT2D eigenvalue weighted by atomic mass is 16.6. The summed E-state index contributed by atoms with van der Waals surface area (Å²) < 4.78 is 63.2. The highest BCUT2D eigenvalue weighted by Gasteiger charge is 2.39. The lowest BCUT2D eigenvalue weighted by molar-refractivity contribution is -0.143. The largest absolute Gasteiger partial charge is 0.458 e. The van der Waals surface area contributed by atoms with Crippen LogP contribution in [0.4, 0.5) is 0 Å². The summed E-state index contributed by atoms with van der Waals surface area (Å²) in [6.45, 7) is -0.0944. The fourth-order valence-electron chi connectivity index (χ4n) is 2.14. The number of ether oxygens (including phenoxy) is 3. The number of rotatable bonds is 5. The first kappa shape index (κ1) is 12.3.